The molecule has 268 valence electrons. The molecule has 0 N–H and O–H groups in total. The van der Waals surface area contributed by atoms with Crippen LogP contribution in [0.15, 0.2) is 157 Å². The largest absolute Gasteiger partial charge is 0.342 e. The first-order valence-corrected chi connectivity index (χ1v) is 19.5. The van der Waals surface area contributed by atoms with E-state index in [1.165, 1.54) is 72.4 Å². The van der Waals surface area contributed by atoms with Gasteiger partial charge in [0.05, 0.1) is 0 Å². The molecule has 0 saturated heterocycles. The van der Waals surface area contributed by atoms with E-state index < -0.39 is 0 Å². The van der Waals surface area contributed by atoms with Crippen molar-refractivity contribution in [3.05, 3.63) is 179 Å². The number of aromatic nitrogens is 2. The van der Waals surface area contributed by atoms with Crippen LogP contribution < -0.4 is 18.9 Å². The summed E-state index contributed by atoms with van der Waals surface area (Å²) in [5.74, 6) is 0.163. The van der Waals surface area contributed by atoms with Crippen LogP contribution in [0.1, 0.15) is 63.0 Å². The molecule has 8 rings (SSSR count). The predicted molar refractivity (Wildman–Crippen MR) is 229 cm³/mol. The number of anilines is 2. The number of hydrogen-bond acceptors (Lipinski definition) is 2. The third-order valence-electron chi connectivity index (χ3n) is 11.1. The third-order valence-corrected chi connectivity index (χ3v) is 11.1. The van der Waals surface area contributed by atoms with Crippen molar-refractivity contribution in [2.24, 2.45) is 5.92 Å². The number of fused-ring (bicyclic) bond motifs is 4. The van der Waals surface area contributed by atoms with Crippen molar-refractivity contribution < 1.29 is 9.13 Å². The normalized spacial score (nSPS) is 16.6. The van der Waals surface area contributed by atoms with Gasteiger partial charge in [-0.15, -0.1) is 0 Å². The average molecular weight is 707 g/mol. The Bertz CT molecular complexity index is 2510. The zero-order valence-electron chi connectivity index (χ0n) is 32.2. The van der Waals surface area contributed by atoms with Crippen LogP contribution in [0.5, 0.6) is 0 Å². The van der Waals surface area contributed by atoms with E-state index in [9.17, 15) is 0 Å². The lowest BCUT2D eigenvalue weighted by atomic mass is 9.91. The van der Waals surface area contributed by atoms with Gasteiger partial charge in [-0.25, -0.2) is 0 Å². The highest BCUT2D eigenvalue weighted by molar-refractivity contribution is 5.91. The van der Waals surface area contributed by atoms with Crippen LogP contribution in [-0.4, -0.2) is 13.1 Å². The van der Waals surface area contributed by atoms with E-state index in [0.717, 1.165) is 19.6 Å². The molecule has 4 heteroatoms. The topological polar surface area (TPSA) is 14.2 Å². The summed E-state index contributed by atoms with van der Waals surface area (Å²) in [6.07, 6.45) is 21.1. The Morgan fingerprint density at radius 1 is 0.648 bits per heavy atom. The zero-order valence-corrected chi connectivity index (χ0v) is 32.2. The Morgan fingerprint density at radius 3 is 1.96 bits per heavy atom. The molecular formula is C50H50N4+2. The van der Waals surface area contributed by atoms with Crippen LogP contribution in [0.4, 0.5) is 11.4 Å². The molecule has 4 nitrogen and oxygen atoms in total. The van der Waals surface area contributed by atoms with E-state index in [1.807, 2.05) is 0 Å². The van der Waals surface area contributed by atoms with Gasteiger partial charge in [0.25, 0.3) is 0 Å². The zero-order chi connectivity index (χ0) is 37.2. The minimum atomic E-state index is 0.0465. The minimum Gasteiger partial charge on any atom is -0.342 e. The van der Waals surface area contributed by atoms with Gasteiger partial charge >= 0.3 is 0 Å². The molecule has 4 heterocycles. The number of benzene rings is 4. The first kappa shape index (κ1) is 35.1. The molecule has 2 aliphatic heterocycles. The standard InChI is InChI=1S/C50H50N4/c1-6-52-43(28-25-38-17-10-14-22-47(38)52)31-36(4)50(37(5)32-44-29-26-39-18-11-15-23-48(39)53(44)7-2)51-34-41-20-9-13-21-46(41)42(35-51)33-45-30-27-40-19-12-16-24-49(40)54(45)8-3/h9-36,50H,6-8H2,1-5H3/q+2/b37-32+,43-31-,45-33+. The minimum absolute atomic E-state index is 0.0465. The number of para-hydroxylation sites is 3. The van der Waals surface area contributed by atoms with Crippen molar-refractivity contribution in [1.29, 1.82) is 0 Å². The first-order chi connectivity index (χ1) is 26.5. The van der Waals surface area contributed by atoms with Crippen LogP contribution in [0.3, 0.4) is 0 Å². The summed E-state index contributed by atoms with van der Waals surface area (Å²) in [6, 6.07) is 39.5. The summed E-state index contributed by atoms with van der Waals surface area (Å²) >= 11 is 0. The van der Waals surface area contributed by atoms with Crippen molar-refractivity contribution in [3.8, 4) is 0 Å². The number of nitrogens with zero attached hydrogens (tertiary/aromatic N) is 4. The van der Waals surface area contributed by atoms with Gasteiger partial charge in [-0.05, 0) is 87.4 Å². The summed E-state index contributed by atoms with van der Waals surface area (Å²) in [5.41, 5.74) is 12.5. The first-order valence-electron chi connectivity index (χ1n) is 19.5. The van der Waals surface area contributed by atoms with Gasteiger partial charge in [-0.1, -0.05) is 91.9 Å². The highest BCUT2D eigenvalue weighted by atomic mass is 15.1. The number of hydrogen-bond donors (Lipinski definition) is 0. The summed E-state index contributed by atoms with van der Waals surface area (Å²) < 4.78 is 4.92. The van der Waals surface area contributed by atoms with Gasteiger partial charge in [-0.2, -0.15) is 9.13 Å². The van der Waals surface area contributed by atoms with Crippen LogP contribution in [0.2, 0.25) is 0 Å². The number of allylic oxidation sites excluding steroid dienone is 4. The molecule has 0 bridgehead atoms. The van der Waals surface area contributed by atoms with Crippen molar-refractivity contribution in [2.75, 3.05) is 22.9 Å². The number of likely N-dealkylation sites (N-methyl/N-ethyl adjacent to an activating group) is 2. The molecule has 2 aromatic heterocycles. The van der Waals surface area contributed by atoms with E-state index in [4.69, 9.17) is 0 Å². The maximum Gasteiger partial charge on any atom is 0.212 e. The molecule has 2 atom stereocenters. The van der Waals surface area contributed by atoms with E-state index in [1.54, 1.807) is 0 Å². The van der Waals surface area contributed by atoms with Crippen LogP contribution in [0, 0.1) is 5.92 Å². The molecule has 2 unspecified atom stereocenters. The fraction of sp³-hybridized carbons (Fsp3) is 0.200. The quantitative estimate of drug-likeness (QED) is 0.139. The van der Waals surface area contributed by atoms with Gasteiger partial charge in [0.2, 0.25) is 11.2 Å². The molecular weight excluding hydrogens is 657 g/mol. The second-order valence-electron chi connectivity index (χ2n) is 14.4. The Balaban J connectivity index is 1.30. The van der Waals surface area contributed by atoms with Gasteiger partial charge in [0.15, 0.2) is 18.4 Å². The highest BCUT2D eigenvalue weighted by Crippen LogP contribution is 2.35. The molecule has 2 aliphatic rings. The van der Waals surface area contributed by atoms with E-state index >= 15 is 0 Å². The van der Waals surface area contributed by atoms with E-state index in [2.05, 4.69) is 218 Å². The van der Waals surface area contributed by atoms with Crippen molar-refractivity contribution in [3.63, 3.8) is 0 Å². The van der Waals surface area contributed by atoms with Crippen LogP contribution in [0.25, 0.3) is 46.0 Å². The second-order valence-corrected chi connectivity index (χ2v) is 14.4. The monoisotopic (exact) mass is 706 g/mol. The van der Waals surface area contributed by atoms with Gasteiger partial charge < -0.3 is 9.80 Å². The summed E-state index contributed by atoms with van der Waals surface area (Å²) in [6.45, 7) is 14.1. The molecule has 6 aromatic rings. The SMILES string of the molecule is CCN1/C(=C\C(C)C(/C(C)=C/c2ccc3ccccc3[n+]2CC)[n+]2cc(/C=C3\C=Cc4ccccc4N3CC)c3ccccc3c2)C=Cc2ccccc21. The third kappa shape index (κ3) is 6.58. The van der Waals surface area contributed by atoms with E-state index in [-0.39, 0.29) is 12.0 Å². The maximum atomic E-state index is 2.48. The Hall–Kier alpha value is -6.00. The molecule has 54 heavy (non-hydrogen) atoms. The van der Waals surface area contributed by atoms with Gasteiger partial charge in [0.1, 0.15) is 6.54 Å². The molecule has 0 spiro atoms. The molecule has 0 radical (unpaired) electrons. The van der Waals surface area contributed by atoms with Crippen molar-refractivity contribution in [2.45, 2.75) is 47.2 Å². The van der Waals surface area contributed by atoms with Crippen LogP contribution in [-0.2, 0) is 6.54 Å². The molecule has 0 aliphatic carbocycles. The smallest absolute Gasteiger partial charge is 0.212 e. The average Bonchev–Trinajstić information content (AvgIpc) is 3.20. The summed E-state index contributed by atoms with van der Waals surface area (Å²) in [5, 5.41) is 3.73. The van der Waals surface area contributed by atoms with Gasteiger partial charge in [-0.3, -0.25) is 0 Å². The predicted octanol–water partition coefficient (Wildman–Crippen LogP) is 11.2. The summed E-state index contributed by atoms with van der Waals surface area (Å²) in [4.78, 5) is 4.87. The van der Waals surface area contributed by atoms with Crippen LogP contribution >= 0.6 is 0 Å². The molecule has 0 amide bonds. The summed E-state index contributed by atoms with van der Waals surface area (Å²) in [7, 11) is 0. The maximum absolute atomic E-state index is 2.48. The van der Waals surface area contributed by atoms with Crippen molar-refractivity contribution >= 4 is 57.4 Å². The van der Waals surface area contributed by atoms with Crippen molar-refractivity contribution in [1.82, 2.24) is 0 Å². The Labute approximate surface area is 320 Å². The lowest BCUT2D eigenvalue weighted by Crippen LogP contribution is -2.44. The lowest BCUT2D eigenvalue weighted by molar-refractivity contribution is -0.718. The van der Waals surface area contributed by atoms with Gasteiger partial charge in [0, 0.05) is 87.3 Å². The fourth-order valence-corrected chi connectivity index (χ4v) is 8.63. The lowest BCUT2D eigenvalue weighted by Gasteiger charge is -2.30. The molecule has 4 aromatic carbocycles. The van der Waals surface area contributed by atoms with E-state index in [0.29, 0.717) is 0 Å². The number of rotatable bonds is 9. The highest BCUT2D eigenvalue weighted by Gasteiger charge is 2.31. The number of pyridine rings is 2. The molecule has 0 saturated carbocycles. The fourth-order valence-electron chi connectivity index (χ4n) is 8.63. The Kier molecular flexibility index (Phi) is 9.84. The number of aryl methyl sites for hydroxylation is 1. The second kappa shape index (κ2) is 15.2. The molecule has 0 fully saturated rings. The Morgan fingerprint density at radius 2 is 1.26 bits per heavy atom.